The minimum Gasteiger partial charge on any atom is -0.366 e. The zero-order valence-corrected chi connectivity index (χ0v) is 14.7. The molecule has 1 aliphatic rings. The van der Waals surface area contributed by atoms with E-state index in [0.29, 0.717) is 42.0 Å². The van der Waals surface area contributed by atoms with Crippen LogP contribution in [0.25, 0.3) is 0 Å². The van der Waals surface area contributed by atoms with Gasteiger partial charge >= 0.3 is 0 Å². The average Bonchev–Trinajstić information content (AvgIpc) is 3.07. The Balaban J connectivity index is 1.74. The number of morpholine rings is 1. The number of nitrogens with zero attached hydrogens (tertiary/aromatic N) is 3. The molecule has 2 heterocycles. The van der Waals surface area contributed by atoms with E-state index in [4.69, 9.17) is 20.9 Å². The lowest BCUT2D eigenvalue weighted by atomic mass is 10.1. The molecule has 3 rings (SSSR count). The van der Waals surface area contributed by atoms with Crippen molar-refractivity contribution in [1.82, 2.24) is 15.0 Å². The van der Waals surface area contributed by atoms with Gasteiger partial charge in [0.2, 0.25) is 11.7 Å². The van der Waals surface area contributed by atoms with E-state index in [2.05, 4.69) is 10.1 Å². The number of rotatable bonds is 3. The molecule has 0 saturated carbocycles. The van der Waals surface area contributed by atoms with E-state index in [1.54, 1.807) is 17.0 Å². The number of amides is 1. The largest absolute Gasteiger partial charge is 0.366 e. The zero-order valence-electron chi connectivity index (χ0n) is 14.0. The van der Waals surface area contributed by atoms with Gasteiger partial charge < -0.3 is 14.2 Å². The Bertz CT molecular complexity index is 744. The van der Waals surface area contributed by atoms with Crippen LogP contribution in [0, 0.1) is 6.92 Å². The molecule has 0 bridgehead atoms. The third-order valence-electron chi connectivity index (χ3n) is 4.01. The fourth-order valence-corrected chi connectivity index (χ4v) is 2.69. The van der Waals surface area contributed by atoms with Crippen molar-refractivity contribution in [2.45, 2.75) is 32.8 Å². The molecule has 0 unspecified atom stereocenters. The summed E-state index contributed by atoms with van der Waals surface area (Å²) in [5, 5.41) is 4.57. The highest BCUT2D eigenvalue weighted by molar-refractivity contribution is 6.31. The summed E-state index contributed by atoms with van der Waals surface area (Å²) < 4.78 is 10.9. The van der Waals surface area contributed by atoms with Gasteiger partial charge in [-0.3, -0.25) is 4.79 Å². The summed E-state index contributed by atoms with van der Waals surface area (Å²) >= 11 is 6.13. The maximum Gasteiger partial charge on any atom is 0.254 e. The predicted molar refractivity (Wildman–Crippen MR) is 89.2 cm³/mol. The fraction of sp³-hybridized carbons (Fsp3) is 0.471. The summed E-state index contributed by atoms with van der Waals surface area (Å²) in [5.74, 6) is 1.14. The average molecular weight is 350 g/mol. The lowest BCUT2D eigenvalue weighted by Crippen LogP contribution is -2.42. The highest BCUT2D eigenvalue weighted by Gasteiger charge is 2.29. The number of carbonyl (C=O) groups excluding carboxylic acids is 1. The van der Waals surface area contributed by atoms with Gasteiger partial charge in [-0.05, 0) is 24.6 Å². The summed E-state index contributed by atoms with van der Waals surface area (Å²) in [6.07, 6.45) is -0.375. The number of halogens is 1. The first-order valence-electron chi connectivity index (χ1n) is 7.96. The molecule has 0 spiro atoms. The van der Waals surface area contributed by atoms with Crippen molar-refractivity contribution in [3.8, 4) is 0 Å². The Hall–Kier alpha value is -1.92. The Labute approximate surface area is 145 Å². The van der Waals surface area contributed by atoms with Crippen LogP contribution in [0.1, 0.15) is 53.5 Å². The molecule has 1 amide bonds. The van der Waals surface area contributed by atoms with Crippen molar-refractivity contribution in [3.63, 3.8) is 0 Å². The normalized spacial score (nSPS) is 18.2. The quantitative estimate of drug-likeness (QED) is 0.849. The number of ether oxygens (including phenoxy) is 1. The highest BCUT2D eigenvalue weighted by atomic mass is 35.5. The molecular weight excluding hydrogens is 330 g/mol. The minimum atomic E-state index is -0.375. The van der Waals surface area contributed by atoms with Crippen LogP contribution >= 0.6 is 11.6 Å². The van der Waals surface area contributed by atoms with Gasteiger partial charge in [0.1, 0.15) is 6.10 Å². The maximum atomic E-state index is 12.7. The maximum absolute atomic E-state index is 12.7. The number of carbonyl (C=O) groups is 1. The summed E-state index contributed by atoms with van der Waals surface area (Å²) in [4.78, 5) is 18.8. The lowest BCUT2D eigenvalue weighted by Gasteiger charge is -2.31. The Morgan fingerprint density at radius 1 is 1.42 bits per heavy atom. The molecule has 0 N–H and O–H groups in total. The van der Waals surface area contributed by atoms with E-state index in [-0.39, 0.29) is 17.9 Å². The van der Waals surface area contributed by atoms with Crippen molar-refractivity contribution in [1.29, 1.82) is 0 Å². The third kappa shape index (κ3) is 3.44. The molecule has 0 aliphatic carbocycles. The number of hydrogen-bond acceptors (Lipinski definition) is 5. The van der Waals surface area contributed by atoms with E-state index in [9.17, 15) is 4.79 Å². The number of hydrogen-bond donors (Lipinski definition) is 0. The van der Waals surface area contributed by atoms with Gasteiger partial charge in [-0.1, -0.05) is 36.7 Å². The van der Waals surface area contributed by atoms with E-state index in [0.717, 1.165) is 5.56 Å². The molecule has 2 aromatic rings. The van der Waals surface area contributed by atoms with Gasteiger partial charge in [0, 0.05) is 23.0 Å². The topological polar surface area (TPSA) is 68.5 Å². The Kier molecular flexibility index (Phi) is 4.87. The van der Waals surface area contributed by atoms with Crippen LogP contribution in [-0.4, -0.2) is 40.6 Å². The predicted octanol–water partition coefficient (Wildman–Crippen LogP) is 3.37. The first kappa shape index (κ1) is 16.9. The van der Waals surface area contributed by atoms with Crippen molar-refractivity contribution >= 4 is 17.5 Å². The molecule has 1 aromatic heterocycles. The first-order valence-corrected chi connectivity index (χ1v) is 8.34. The Morgan fingerprint density at radius 2 is 2.21 bits per heavy atom. The molecule has 24 heavy (non-hydrogen) atoms. The van der Waals surface area contributed by atoms with Gasteiger partial charge in [0.05, 0.1) is 13.2 Å². The van der Waals surface area contributed by atoms with Crippen LogP contribution in [0.3, 0.4) is 0 Å². The summed E-state index contributed by atoms with van der Waals surface area (Å²) in [7, 11) is 0. The van der Waals surface area contributed by atoms with Gasteiger partial charge in [-0.2, -0.15) is 4.98 Å². The van der Waals surface area contributed by atoms with Crippen LogP contribution in [0.2, 0.25) is 5.02 Å². The van der Waals surface area contributed by atoms with Gasteiger partial charge in [-0.15, -0.1) is 0 Å². The second-order valence-electron chi connectivity index (χ2n) is 6.22. The lowest BCUT2D eigenvalue weighted by molar-refractivity contribution is -0.0276. The molecule has 6 nitrogen and oxygen atoms in total. The van der Waals surface area contributed by atoms with E-state index in [1.807, 2.05) is 26.8 Å². The monoisotopic (exact) mass is 349 g/mol. The highest BCUT2D eigenvalue weighted by Crippen LogP contribution is 2.24. The van der Waals surface area contributed by atoms with Gasteiger partial charge in [0.15, 0.2) is 0 Å². The first-order chi connectivity index (χ1) is 11.5. The van der Waals surface area contributed by atoms with Gasteiger partial charge in [-0.25, -0.2) is 0 Å². The van der Waals surface area contributed by atoms with Crippen molar-refractivity contribution < 1.29 is 14.1 Å². The molecule has 1 aliphatic heterocycles. The van der Waals surface area contributed by atoms with Crippen molar-refractivity contribution in [2.24, 2.45) is 0 Å². The summed E-state index contributed by atoms with van der Waals surface area (Å²) in [6, 6.07) is 5.34. The summed E-state index contributed by atoms with van der Waals surface area (Å²) in [5.41, 5.74) is 1.52. The number of aryl methyl sites for hydroxylation is 1. The van der Waals surface area contributed by atoms with Crippen LogP contribution in [-0.2, 0) is 4.74 Å². The molecule has 128 valence electrons. The second kappa shape index (κ2) is 6.91. The van der Waals surface area contributed by atoms with Crippen LogP contribution in [0.15, 0.2) is 22.7 Å². The SMILES string of the molecule is Cc1ccc(C(=O)N2CCO[C@H](c3noc(C(C)C)n3)C2)cc1Cl. The minimum absolute atomic E-state index is 0.0715. The van der Waals surface area contributed by atoms with E-state index < -0.39 is 0 Å². The molecule has 1 fully saturated rings. The zero-order chi connectivity index (χ0) is 17.3. The number of benzene rings is 1. The van der Waals surface area contributed by atoms with E-state index >= 15 is 0 Å². The third-order valence-corrected chi connectivity index (χ3v) is 4.42. The number of aromatic nitrogens is 2. The molecular formula is C17H20ClN3O3. The molecule has 1 saturated heterocycles. The second-order valence-corrected chi connectivity index (χ2v) is 6.63. The van der Waals surface area contributed by atoms with Gasteiger partial charge in [0.25, 0.3) is 5.91 Å². The van der Waals surface area contributed by atoms with Crippen molar-refractivity contribution in [3.05, 3.63) is 46.1 Å². The fourth-order valence-electron chi connectivity index (χ4n) is 2.51. The molecule has 1 aromatic carbocycles. The van der Waals surface area contributed by atoms with Crippen molar-refractivity contribution in [2.75, 3.05) is 19.7 Å². The molecule has 1 atom stereocenters. The van der Waals surface area contributed by atoms with E-state index in [1.165, 1.54) is 0 Å². The Morgan fingerprint density at radius 3 is 2.88 bits per heavy atom. The van der Waals surface area contributed by atoms with Crippen LogP contribution < -0.4 is 0 Å². The smallest absolute Gasteiger partial charge is 0.254 e. The van der Waals surface area contributed by atoms with Crippen LogP contribution in [0.4, 0.5) is 0 Å². The standard InChI is InChI=1S/C17H20ClN3O3/c1-10(2)16-19-15(20-24-16)14-9-21(6-7-23-14)17(22)12-5-4-11(3)13(18)8-12/h4-5,8,10,14H,6-7,9H2,1-3H3/t14-/m0/s1. The molecule has 7 heteroatoms. The molecule has 0 radical (unpaired) electrons. The van der Waals surface area contributed by atoms with Crippen LogP contribution in [0.5, 0.6) is 0 Å². The summed E-state index contributed by atoms with van der Waals surface area (Å²) in [6.45, 7) is 7.22.